The molecule has 12 heteroatoms. The van der Waals surface area contributed by atoms with Gasteiger partial charge in [0.2, 0.25) is 0 Å². The smallest absolute Gasteiger partial charge is 0.319 e. The van der Waals surface area contributed by atoms with Crippen LogP contribution < -0.4 is 15.5 Å². The maximum absolute atomic E-state index is 13.8. The van der Waals surface area contributed by atoms with Gasteiger partial charge in [-0.05, 0) is 56.2 Å². The molecule has 1 saturated heterocycles. The number of hydrogen-bond donors (Lipinski definition) is 3. The average Bonchev–Trinajstić information content (AvgIpc) is 3.76. The van der Waals surface area contributed by atoms with E-state index in [4.69, 9.17) is 19.8 Å². The summed E-state index contributed by atoms with van der Waals surface area (Å²) in [5.74, 6) is 1.06. The zero-order valence-electron chi connectivity index (χ0n) is 21.0. The second-order valence-corrected chi connectivity index (χ2v) is 11.7. The van der Waals surface area contributed by atoms with Crippen molar-refractivity contribution < 1.29 is 23.1 Å². The number of rotatable bonds is 8. The van der Waals surface area contributed by atoms with Crippen molar-refractivity contribution in [1.29, 1.82) is 0 Å². The van der Waals surface area contributed by atoms with Crippen LogP contribution in [0.5, 0.6) is 0 Å². The summed E-state index contributed by atoms with van der Waals surface area (Å²) in [7, 11) is -3.71. The van der Waals surface area contributed by atoms with Gasteiger partial charge < -0.3 is 25.4 Å². The third-order valence-electron chi connectivity index (χ3n) is 6.82. The van der Waals surface area contributed by atoms with Gasteiger partial charge in [0.25, 0.3) is 0 Å². The number of aliphatic hydroxyl groups excluding tert-OH is 1. The van der Waals surface area contributed by atoms with Gasteiger partial charge in [0.05, 0.1) is 36.5 Å². The van der Waals surface area contributed by atoms with Crippen molar-refractivity contribution in [2.45, 2.75) is 35.4 Å². The normalized spacial score (nSPS) is 18.6. The number of pyridine rings is 1. The summed E-state index contributed by atoms with van der Waals surface area (Å²) >= 11 is 0. The molecule has 3 heterocycles. The van der Waals surface area contributed by atoms with Crippen molar-refractivity contribution in [2.75, 3.05) is 43.1 Å². The van der Waals surface area contributed by atoms with Crippen LogP contribution in [0.1, 0.15) is 25.5 Å². The van der Waals surface area contributed by atoms with Crippen LogP contribution in [0.2, 0.25) is 0 Å². The quantitative estimate of drug-likeness (QED) is 0.393. The summed E-state index contributed by atoms with van der Waals surface area (Å²) in [6.07, 6.45) is 3.90. The maximum atomic E-state index is 13.8. The molecule has 1 atom stereocenters. The lowest BCUT2D eigenvalue weighted by atomic mass is 10.1. The standard InChI is InChI=1S/C26H30N6O5S/c1-18-17-37-15-13-32(18)23-16-22(26(8-9-26)38(35,36)21-6-10-27-11-7-21)30-24(31-23)19-2-4-20(5-3-19)29-25(34)28-12-14-33/h2-7,10-11,16,18,33H,8-9,12-15,17H2,1H3,(H2,28,29,34)/t18-/m0/s1. The first-order chi connectivity index (χ1) is 18.3. The molecule has 2 aromatic heterocycles. The fraction of sp³-hybridized carbons (Fsp3) is 0.385. The molecule has 1 aliphatic heterocycles. The zero-order chi connectivity index (χ0) is 26.8. The number of hydrogen-bond acceptors (Lipinski definition) is 9. The number of nitrogens with zero attached hydrogens (tertiary/aromatic N) is 4. The number of carbonyl (C=O) groups is 1. The zero-order valence-corrected chi connectivity index (χ0v) is 21.8. The molecule has 200 valence electrons. The molecular weight excluding hydrogens is 508 g/mol. The summed E-state index contributed by atoms with van der Waals surface area (Å²) in [6.45, 7) is 3.78. The fourth-order valence-electron chi connectivity index (χ4n) is 4.58. The van der Waals surface area contributed by atoms with Crippen LogP contribution in [-0.4, -0.2) is 73.5 Å². The van der Waals surface area contributed by atoms with E-state index in [0.717, 1.165) is 0 Å². The molecule has 2 fully saturated rings. The van der Waals surface area contributed by atoms with E-state index in [9.17, 15) is 13.2 Å². The lowest BCUT2D eigenvalue weighted by molar-refractivity contribution is 0.0985. The van der Waals surface area contributed by atoms with E-state index >= 15 is 0 Å². The molecule has 3 aromatic rings. The minimum Gasteiger partial charge on any atom is -0.395 e. The van der Waals surface area contributed by atoms with Gasteiger partial charge in [0.15, 0.2) is 15.7 Å². The van der Waals surface area contributed by atoms with Crippen molar-refractivity contribution in [2.24, 2.45) is 0 Å². The van der Waals surface area contributed by atoms with Crippen LogP contribution in [0.3, 0.4) is 0 Å². The van der Waals surface area contributed by atoms with Crippen molar-refractivity contribution in [3.63, 3.8) is 0 Å². The predicted molar refractivity (Wildman–Crippen MR) is 142 cm³/mol. The monoisotopic (exact) mass is 538 g/mol. The van der Waals surface area contributed by atoms with E-state index in [0.29, 0.717) is 61.2 Å². The number of anilines is 2. The minimum atomic E-state index is -3.71. The van der Waals surface area contributed by atoms with Gasteiger partial charge in [-0.3, -0.25) is 4.98 Å². The Bertz CT molecular complexity index is 1400. The first kappa shape index (κ1) is 26.0. The van der Waals surface area contributed by atoms with Crippen LogP contribution in [0, 0.1) is 0 Å². The Morgan fingerprint density at radius 2 is 1.89 bits per heavy atom. The summed E-state index contributed by atoms with van der Waals surface area (Å²) in [6, 6.07) is 11.5. The number of aromatic nitrogens is 3. The minimum absolute atomic E-state index is 0.0651. The number of nitrogens with one attached hydrogen (secondary N) is 2. The van der Waals surface area contributed by atoms with Gasteiger partial charge in [0, 0.05) is 42.8 Å². The largest absolute Gasteiger partial charge is 0.395 e. The first-order valence-corrected chi connectivity index (χ1v) is 14.0. The second-order valence-electron chi connectivity index (χ2n) is 9.41. The number of sulfone groups is 1. The Morgan fingerprint density at radius 3 is 2.55 bits per heavy atom. The molecule has 1 saturated carbocycles. The number of carbonyl (C=O) groups excluding carboxylic acids is 1. The van der Waals surface area contributed by atoms with Crippen molar-refractivity contribution in [3.8, 4) is 11.4 Å². The average molecular weight is 539 g/mol. The molecule has 2 aliphatic rings. The second kappa shape index (κ2) is 10.6. The molecule has 0 radical (unpaired) electrons. The molecule has 11 nitrogen and oxygen atoms in total. The molecule has 1 aromatic carbocycles. The molecule has 0 unspecified atom stereocenters. The number of amides is 2. The van der Waals surface area contributed by atoms with Crippen molar-refractivity contribution >= 4 is 27.4 Å². The van der Waals surface area contributed by atoms with E-state index in [1.165, 1.54) is 24.5 Å². The van der Waals surface area contributed by atoms with Crippen LogP contribution in [-0.2, 0) is 19.3 Å². The topological polar surface area (TPSA) is 147 Å². The lowest BCUT2D eigenvalue weighted by Crippen LogP contribution is -2.44. The highest BCUT2D eigenvalue weighted by molar-refractivity contribution is 7.92. The van der Waals surface area contributed by atoms with Crippen molar-refractivity contribution in [3.05, 3.63) is 60.6 Å². The first-order valence-electron chi connectivity index (χ1n) is 12.5. The van der Waals surface area contributed by atoms with E-state index in [-0.39, 0.29) is 24.1 Å². The molecule has 0 spiro atoms. The van der Waals surface area contributed by atoms with Gasteiger partial charge in [-0.25, -0.2) is 23.2 Å². The number of morpholine rings is 1. The predicted octanol–water partition coefficient (Wildman–Crippen LogP) is 2.34. The Hall–Kier alpha value is -3.61. The molecule has 2 amide bonds. The Balaban J connectivity index is 1.53. The molecule has 1 aliphatic carbocycles. The fourth-order valence-corrected chi connectivity index (χ4v) is 6.53. The Morgan fingerprint density at radius 1 is 1.16 bits per heavy atom. The number of ether oxygens (including phenoxy) is 1. The summed E-state index contributed by atoms with van der Waals surface area (Å²) in [5.41, 5.74) is 1.72. The van der Waals surface area contributed by atoms with Crippen molar-refractivity contribution in [1.82, 2.24) is 20.3 Å². The molecule has 5 rings (SSSR count). The van der Waals surface area contributed by atoms with E-state index < -0.39 is 20.6 Å². The summed E-state index contributed by atoms with van der Waals surface area (Å²) in [4.78, 5) is 27.8. The third-order valence-corrected chi connectivity index (χ3v) is 9.36. The maximum Gasteiger partial charge on any atom is 0.319 e. The van der Waals surface area contributed by atoms with Gasteiger partial charge in [-0.15, -0.1) is 0 Å². The SMILES string of the molecule is C[C@H]1COCCN1c1cc(C2(S(=O)(=O)c3ccncc3)CC2)nc(-c2ccc(NC(=O)NCCO)cc2)n1. The van der Waals surface area contributed by atoms with Gasteiger partial charge >= 0.3 is 6.03 Å². The number of urea groups is 1. The van der Waals surface area contributed by atoms with Gasteiger partial charge in [-0.2, -0.15) is 0 Å². The Labute approximate surface area is 221 Å². The van der Waals surface area contributed by atoms with E-state index in [2.05, 4.69) is 20.5 Å². The van der Waals surface area contributed by atoms with Crippen LogP contribution >= 0.6 is 0 Å². The molecule has 38 heavy (non-hydrogen) atoms. The number of aliphatic hydroxyl groups is 1. The lowest BCUT2D eigenvalue weighted by Gasteiger charge is -2.34. The molecule has 3 N–H and O–H groups in total. The van der Waals surface area contributed by atoms with Gasteiger partial charge in [-0.1, -0.05) is 0 Å². The summed E-state index contributed by atoms with van der Waals surface area (Å²) in [5, 5.41) is 14.1. The van der Waals surface area contributed by atoms with Gasteiger partial charge in [0.1, 0.15) is 10.6 Å². The highest BCUT2D eigenvalue weighted by Crippen LogP contribution is 2.55. The Kier molecular flexibility index (Phi) is 7.28. The van der Waals surface area contributed by atoms with E-state index in [1.54, 1.807) is 30.3 Å². The highest BCUT2D eigenvalue weighted by atomic mass is 32.2. The molecular formula is C26H30N6O5S. The summed E-state index contributed by atoms with van der Waals surface area (Å²) < 4.78 is 32.0. The van der Waals surface area contributed by atoms with Crippen LogP contribution in [0.25, 0.3) is 11.4 Å². The number of benzene rings is 1. The van der Waals surface area contributed by atoms with Crippen LogP contribution in [0.15, 0.2) is 59.8 Å². The van der Waals surface area contributed by atoms with Crippen LogP contribution in [0.4, 0.5) is 16.3 Å². The third kappa shape index (κ3) is 5.06. The highest BCUT2D eigenvalue weighted by Gasteiger charge is 2.58. The van der Waals surface area contributed by atoms with E-state index in [1.807, 2.05) is 6.92 Å². The molecule has 0 bridgehead atoms.